The predicted molar refractivity (Wildman–Crippen MR) is 140 cm³/mol. The summed E-state index contributed by atoms with van der Waals surface area (Å²) >= 11 is 0. The van der Waals surface area contributed by atoms with E-state index in [4.69, 9.17) is 15.2 Å². The Morgan fingerprint density at radius 2 is 1.53 bits per heavy atom. The number of amides is 1. The van der Waals surface area contributed by atoms with Crippen LogP contribution in [0.5, 0.6) is 11.5 Å². The summed E-state index contributed by atoms with van der Waals surface area (Å²) < 4.78 is 25.7. The average molecular weight is 491 g/mol. The second-order valence-electron chi connectivity index (χ2n) is 10.1. The van der Waals surface area contributed by atoms with Crippen LogP contribution in [0.3, 0.4) is 0 Å². The van der Waals surface area contributed by atoms with Crippen LogP contribution in [0.2, 0.25) is 0 Å². The van der Waals surface area contributed by atoms with Gasteiger partial charge >= 0.3 is 0 Å². The minimum Gasteiger partial charge on any atom is -0.494 e. The molecule has 0 saturated carbocycles. The Bertz CT molecular complexity index is 1130. The Labute approximate surface area is 213 Å². The van der Waals surface area contributed by atoms with Crippen molar-refractivity contribution >= 4 is 5.91 Å². The number of benzene rings is 3. The van der Waals surface area contributed by atoms with E-state index in [0.29, 0.717) is 13.0 Å². The lowest BCUT2D eigenvalue weighted by molar-refractivity contribution is -0.122. The van der Waals surface area contributed by atoms with Gasteiger partial charge in [0.05, 0.1) is 12.5 Å². The number of nitrogens with two attached hydrogens (primary N) is 1. The van der Waals surface area contributed by atoms with Gasteiger partial charge in [-0.3, -0.25) is 9.69 Å². The maximum Gasteiger partial charge on any atom is 0.232 e. The summed E-state index contributed by atoms with van der Waals surface area (Å²) in [6.45, 7) is 5.86. The molecule has 1 heterocycles. The van der Waals surface area contributed by atoms with E-state index in [1.807, 2.05) is 60.7 Å². The summed E-state index contributed by atoms with van der Waals surface area (Å²) in [4.78, 5) is 15.5. The third-order valence-corrected chi connectivity index (χ3v) is 7.51. The summed E-state index contributed by atoms with van der Waals surface area (Å²) in [5.41, 5.74) is 6.79. The standard InChI is InChI=1S/C30H35FN2O3/c1-29(2,33-20-17-24(21-33)36-26-16-10-15-25(35-3)27(26)31)18-19-30(28(32)34,22-11-6-4-7-12-22)23-13-8-5-9-14-23/h4-16,24H,17-21H2,1-3H3,(H2,32,34)/t24-/m0/s1. The number of halogens is 1. The van der Waals surface area contributed by atoms with Crippen molar-refractivity contribution in [3.8, 4) is 11.5 Å². The van der Waals surface area contributed by atoms with Crippen molar-refractivity contribution in [1.82, 2.24) is 4.90 Å². The van der Waals surface area contributed by atoms with Crippen LogP contribution >= 0.6 is 0 Å². The normalized spacial score (nSPS) is 16.6. The minimum atomic E-state index is -0.931. The molecule has 0 aromatic heterocycles. The van der Waals surface area contributed by atoms with Gasteiger partial charge in [0.1, 0.15) is 6.10 Å². The molecule has 3 aromatic rings. The summed E-state index contributed by atoms with van der Waals surface area (Å²) in [5, 5.41) is 0. The molecule has 3 aromatic carbocycles. The van der Waals surface area contributed by atoms with Gasteiger partial charge in [0.25, 0.3) is 0 Å². The van der Waals surface area contributed by atoms with Crippen LogP contribution in [0.4, 0.5) is 4.39 Å². The number of likely N-dealkylation sites (tertiary alicyclic amines) is 1. The molecule has 1 fully saturated rings. The quantitative estimate of drug-likeness (QED) is 0.418. The number of carbonyl (C=O) groups is 1. The number of nitrogens with zero attached hydrogens (tertiary/aromatic N) is 1. The average Bonchev–Trinajstić information content (AvgIpc) is 3.36. The van der Waals surface area contributed by atoms with Gasteiger partial charge in [0.15, 0.2) is 11.5 Å². The third-order valence-electron chi connectivity index (χ3n) is 7.51. The molecule has 0 bridgehead atoms. The van der Waals surface area contributed by atoms with Gasteiger partial charge in [-0.1, -0.05) is 66.7 Å². The molecule has 0 spiro atoms. The second-order valence-corrected chi connectivity index (χ2v) is 10.1. The zero-order valence-electron chi connectivity index (χ0n) is 21.2. The van der Waals surface area contributed by atoms with Gasteiger partial charge in [-0.15, -0.1) is 0 Å². The highest BCUT2D eigenvalue weighted by Crippen LogP contribution is 2.40. The second kappa shape index (κ2) is 10.7. The number of carbonyl (C=O) groups excluding carboxylic acids is 1. The number of hydrogen-bond donors (Lipinski definition) is 1. The number of rotatable bonds is 10. The van der Waals surface area contributed by atoms with Gasteiger partial charge in [-0.2, -0.15) is 4.39 Å². The third kappa shape index (κ3) is 5.09. The smallest absolute Gasteiger partial charge is 0.232 e. The summed E-state index contributed by atoms with van der Waals surface area (Å²) in [5.74, 6) is -0.450. The van der Waals surface area contributed by atoms with E-state index in [9.17, 15) is 9.18 Å². The molecule has 1 atom stereocenters. The fourth-order valence-corrected chi connectivity index (χ4v) is 5.25. The van der Waals surface area contributed by atoms with Crippen LogP contribution in [0.15, 0.2) is 78.9 Å². The number of primary amides is 1. The van der Waals surface area contributed by atoms with E-state index in [-0.39, 0.29) is 29.0 Å². The van der Waals surface area contributed by atoms with E-state index < -0.39 is 11.2 Å². The van der Waals surface area contributed by atoms with Crippen molar-refractivity contribution in [2.24, 2.45) is 5.73 Å². The Kier molecular flexibility index (Phi) is 7.65. The van der Waals surface area contributed by atoms with Crippen LogP contribution in [-0.2, 0) is 10.2 Å². The largest absolute Gasteiger partial charge is 0.494 e. The van der Waals surface area contributed by atoms with Crippen LogP contribution in [-0.4, -0.2) is 42.6 Å². The number of ether oxygens (including phenoxy) is 2. The highest BCUT2D eigenvalue weighted by atomic mass is 19.1. The Hall–Kier alpha value is -3.38. The summed E-state index contributed by atoms with van der Waals surface area (Å²) in [6.07, 6.45) is 1.96. The molecule has 5 nitrogen and oxygen atoms in total. The molecule has 36 heavy (non-hydrogen) atoms. The van der Waals surface area contributed by atoms with Gasteiger partial charge in [-0.05, 0) is 56.4 Å². The molecule has 2 N–H and O–H groups in total. The monoisotopic (exact) mass is 490 g/mol. The summed E-state index contributed by atoms with van der Waals surface area (Å²) in [6, 6.07) is 24.5. The Morgan fingerprint density at radius 1 is 0.944 bits per heavy atom. The molecule has 0 aliphatic carbocycles. The van der Waals surface area contributed by atoms with Crippen LogP contribution in [0.25, 0.3) is 0 Å². The lowest BCUT2D eigenvalue weighted by Crippen LogP contribution is -2.47. The van der Waals surface area contributed by atoms with Crippen molar-refractivity contribution in [2.45, 2.75) is 50.2 Å². The molecule has 1 aliphatic rings. The van der Waals surface area contributed by atoms with Crippen molar-refractivity contribution in [3.05, 3.63) is 95.8 Å². The Balaban J connectivity index is 1.52. The summed E-state index contributed by atoms with van der Waals surface area (Å²) in [7, 11) is 1.44. The lowest BCUT2D eigenvalue weighted by Gasteiger charge is -2.40. The number of hydrogen-bond acceptors (Lipinski definition) is 4. The molecular weight excluding hydrogens is 455 g/mol. The van der Waals surface area contributed by atoms with E-state index in [0.717, 1.165) is 30.5 Å². The lowest BCUT2D eigenvalue weighted by atomic mass is 9.69. The molecule has 1 saturated heterocycles. The van der Waals surface area contributed by atoms with Crippen molar-refractivity contribution < 1.29 is 18.7 Å². The highest BCUT2D eigenvalue weighted by Gasteiger charge is 2.43. The highest BCUT2D eigenvalue weighted by molar-refractivity contribution is 5.90. The first kappa shape index (κ1) is 25.7. The van der Waals surface area contributed by atoms with Gasteiger partial charge in [-0.25, -0.2) is 0 Å². The fraction of sp³-hybridized carbons (Fsp3) is 0.367. The van der Waals surface area contributed by atoms with E-state index in [1.165, 1.54) is 7.11 Å². The van der Waals surface area contributed by atoms with Gasteiger partial charge < -0.3 is 15.2 Å². The fourth-order valence-electron chi connectivity index (χ4n) is 5.25. The van der Waals surface area contributed by atoms with Crippen LogP contribution in [0.1, 0.15) is 44.2 Å². The predicted octanol–water partition coefficient (Wildman–Crippen LogP) is 5.32. The van der Waals surface area contributed by atoms with Gasteiger partial charge in [0, 0.05) is 18.6 Å². The van der Waals surface area contributed by atoms with Crippen molar-refractivity contribution in [1.29, 1.82) is 0 Å². The van der Waals surface area contributed by atoms with Crippen LogP contribution in [0, 0.1) is 5.82 Å². The van der Waals surface area contributed by atoms with E-state index in [2.05, 4.69) is 18.7 Å². The molecule has 1 amide bonds. The van der Waals surface area contributed by atoms with Crippen LogP contribution < -0.4 is 15.2 Å². The minimum absolute atomic E-state index is 0.130. The SMILES string of the molecule is COc1cccc(O[C@H]2CCN(C(C)(C)CCC(C(N)=O)(c3ccccc3)c3ccccc3)C2)c1F. The molecule has 0 unspecified atom stereocenters. The Morgan fingerprint density at radius 3 is 2.08 bits per heavy atom. The van der Waals surface area contributed by atoms with E-state index in [1.54, 1.807) is 18.2 Å². The first-order valence-electron chi connectivity index (χ1n) is 12.4. The molecule has 190 valence electrons. The first-order chi connectivity index (χ1) is 17.3. The maximum absolute atomic E-state index is 14.6. The topological polar surface area (TPSA) is 64.8 Å². The van der Waals surface area contributed by atoms with Crippen molar-refractivity contribution in [2.75, 3.05) is 20.2 Å². The molecular formula is C30H35FN2O3. The molecule has 0 radical (unpaired) electrons. The first-order valence-corrected chi connectivity index (χ1v) is 12.4. The number of methoxy groups -OCH3 is 1. The zero-order valence-corrected chi connectivity index (χ0v) is 21.2. The zero-order chi connectivity index (χ0) is 25.8. The van der Waals surface area contributed by atoms with Gasteiger partial charge in [0.2, 0.25) is 11.7 Å². The van der Waals surface area contributed by atoms with Crippen molar-refractivity contribution in [3.63, 3.8) is 0 Å². The molecule has 1 aliphatic heterocycles. The maximum atomic E-state index is 14.6. The molecule has 6 heteroatoms. The van der Waals surface area contributed by atoms with E-state index >= 15 is 0 Å². The molecule has 4 rings (SSSR count).